The Morgan fingerprint density at radius 1 is 1.16 bits per heavy atom. The van der Waals surface area contributed by atoms with Crippen LogP contribution < -0.4 is 14.8 Å². The molecule has 2 aliphatic heterocycles. The van der Waals surface area contributed by atoms with Gasteiger partial charge in [0.05, 0.1) is 4.91 Å². The van der Waals surface area contributed by atoms with Gasteiger partial charge < -0.3 is 19.4 Å². The third-order valence-electron chi connectivity index (χ3n) is 5.06. The van der Waals surface area contributed by atoms with Crippen LogP contribution in [0.15, 0.2) is 53.6 Å². The molecule has 3 aromatic rings. The van der Waals surface area contributed by atoms with Crippen molar-refractivity contribution in [2.75, 3.05) is 19.2 Å². The van der Waals surface area contributed by atoms with Crippen LogP contribution in [0.3, 0.4) is 0 Å². The van der Waals surface area contributed by atoms with E-state index in [-0.39, 0.29) is 30.4 Å². The number of anilines is 1. The van der Waals surface area contributed by atoms with Crippen molar-refractivity contribution < 1.29 is 23.9 Å². The smallest absolute Gasteiger partial charge is 0.293 e. The fourth-order valence-corrected chi connectivity index (χ4v) is 4.36. The summed E-state index contributed by atoms with van der Waals surface area (Å²) in [5, 5.41) is 3.45. The zero-order valence-corrected chi connectivity index (χ0v) is 17.3. The highest BCUT2D eigenvalue weighted by Crippen LogP contribution is 2.35. The summed E-state index contributed by atoms with van der Waals surface area (Å²) >= 11 is 0.908. The Balaban J connectivity index is 1.41. The lowest BCUT2D eigenvalue weighted by atomic mass is 10.1. The van der Waals surface area contributed by atoms with Gasteiger partial charge in [-0.1, -0.05) is 18.2 Å². The lowest BCUT2D eigenvalue weighted by Crippen LogP contribution is -2.22. The Morgan fingerprint density at radius 3 is 2.77 bits per heavy atom. The first-order valence-corrected chi connectivity index (χ1v) is 10.3. The highest BCUT2D eigenvalue weighted by atomic mass is 32.2. The lowest BCUT2D eigenvalue weighted by molar-refractivity contribution is -0.121. The third-order valence-corrected chi connectivity index (χ3v) is 6.02. The van der Waals surface area contributed by atoms with Gasteiger partial charge in [-0.2, -0.15) is 0 Å². The molecular weight excluding hydrogens is 418 g/mol. The molecule has 31 heavy (non-hydrogen) atoms. The summed E-state index contributed by atoms with van der Waals surface area (Å²) < 4.78 is 12.5. The maximum absolute atomic E-state index is 12.7. The van der Waals surface area contributed by atoms with Crippen LogP contribution in [0, 0.1) is 0 Å². The Bertz CT molecular complexity index is 1280. The van der Waals surface area contributed by atoms with Crippen molar-refractivity contribution in [3.05, 3.63) is 59.1 Å². The number of aromatic nitrogens is 1. The van der Waals surface area contributed by atoms with Crippen LogP contribution >= 0.6 is 11.8 Å². The summed E-state index contributed by atoms with van der Waals surface area (Å²) in [5.41, 5.74) is 2.23. The van der Waals surface area contributed by atoms with Crippen molar-refractivity contribution in [2.45, 2.75) is 6.54 Å². The van der Waals surface area contributed by atoms with Crippen LogP contribution in [0.25, 0.3) is 17.0 Å². The van der Waals surface area contributed by atoms with Crippen molar-refractivity contribution >= 4 is 51.5 Å². The van der Waals surface area contributed by atoms with E-state index >= 15 is 0 Å². The number of rotatable bonds is 4. The van der Waals surface area contributed by atoms with Gasteiger partial charge in [0, 0.05) is 41.5 Å². The second-order valence-electron chi connectivity index (χ2n) is 7.09. The first-order valence-electron chi connectivity index (χ1n) is 9.48. The molecule has 0 spiro atoms. The Hall–Kier alpha value is -3.72. The Labute approximate surface area is 181 Å². The van der Waals surface area contributed by atoms with Gasteiger partial charge >= 0.3 is 0 Å². The molecule has 1 N–H and O–H groups in total. The maximum Gasteiger partial charge on any atom is 0.293 e. The SMILES string of the molecule is CN1C(=O)S/C(=C\c2cn(CC(=O)Nc3ccc4c(c3)OCO4)c3ccccc23)C1=O. The van der Waals surface area contributed by atoms with Crippen molar-refractivity contribution in [2.24, 2.45) is 0 Å². The van der Waals surface area contributed by atoms with E-state index in [1.165, 1.54) is 7.05 Å². The summed E-state index contributed by atoms with van der Waals surface area (Å²) in [4.78, 5) is 38.2. The van der Waals surface area contributed by atoms with Crippen LogP contribution in [-0.2, 0) is 16.1 Å². The first-order chi connectivity index (χ1) is 15.0. The quantitative estimate of drug-likeness (QED) is 0.629. The molecule has 3 heterocycles. The van der Waals surface area contributed by atoms with Crippen LogP contribution in [0.2, 0.25) is 0 Å². The number of para-hydroxylation sites is 1. The van der Waals surface area contributed by atoms with E-state index in [4.69, 9.17) is 9.47 Å². The zero-order chi connectivity index (χ0) is 21.5. The van der Waals surface area contributed by atoms with E-state index < -0.39 is 0 Å². The minimum absolute atomic E-state index is 0.0814. The molecule has 0 atom stereocenters. The van der Waals surface area contributed by atoms with E-state index in [2.05, 4.69) is 5.32 Å². The molecule has 0 radical (unpaired) electrons. The topological polar surface area (TPSA) is 89.9 Å². The Morgan fingerprint density at radius 2 is 1.97 bits per heavy atom. The minimum atomic E-state index is -0.326. The molecule has 2 aliphatic rings. The number of nitrogens with zero attached hydrogens (tertiary/aromatic N) is 2. The maximum atomic E-state index is 12.7. The van der Waals surface area contributed by atoms with Crippen molar-refractivity contribution in [3.8, 4) is 11.5 Å². The van der Waals surface area contributed by atoms with Gasteiger partial charge in [-0.05, 0) is 36.0 Å². The van der Waals surface area contributed by atoms with E-state index in [1.807, 2.05) is 35.0 Å². The number of nitrogens with one attached hydrogen (secondary N) is 1. The molecule has 0 bridgehead atoms. The van der Waals surface area contributed by atoms with Crippen molar-refractivity contribution in [1.29, 1.82) is 0 Å². The number of hydrogen-bond donors (Lipinski definition) is 1. The molecular formula is C22H17N3O5S. The number of carbonyl (C=O) groups is 3. The largest absolute Gasteiger partial charge is 0.454 e. The fourth-order valence-electron chi connectivity index (χ4n) is 3.54. The third kappa shape index (κ3) is 3.53. The van der Waals surface area contributed by atoms with Gasteiger partial charge in [-0.15, -0.1) is 0 Å². The second kappa shape index (κ2) is 7.51. The molecule has 1 saturated heterocycles. The van der Waals surface area contributed by atoms with Gasteiger partial charge in [-0.25, -0.2) is 0 Å². The lowest BCUT2D eigenvalue weighted by Gasteiger charge is -2.08. The van der Waals surface area contributed by atoms with Gasteiger partial charge in [0.2, 0.25) is 12.7 Å². The standard InChI is InChI=1S/C22H17N3O5S/c1-24-21(27)19(31-22(24)28)8-13-10-25(16-5-3-2-4-15(13)16)11-20(26)23-14-6-7-17-18(9-14)30-12-29-17/h2-10H,11-12H2,1H3,(H,23,26)/b19-8-. The molecule has 0 saturated carbocycles. The molecule has 1 aromatic heterocycles. The summed E-state index contributed by atoms with van der Waals surface area (Å²) in [6, 6.07) is 12.8. The van der Waals surface area contributed by atoms with Crippen LogP contribution in [0.5, 0.6) is 11.5 Å². The molecule has 2 aromatic carbocycles. The Kier molecular flexibility index (Phi) is 4.67. The number of thioether (sulfide) groups is 1. The number of likely N-dealkylation sites (N-methyl/N-ethyl adjacent to an activating group) is 1. The molecule has 156 valence electrons. The van der Waals surface area contributed by atoms with Gasteiger partial charge in [0.1, 0.15) is 6.54 Å². The monoisotopic (exact) mass is 435 g/mol. The summed E-state index contributed by atoms with van der Waals surface area (Å²) in [7, 11) is 1.46. The minimum Gasteiger partial charge on any atom is -0.454 e. The predicted molar refractivity (Wildman–Crippen MR) is 117 cm³/mol. The summed E-state index contributed by atoms with van der Waals surface area (Å²) in [6.45, 7) is 0.251. The van der Waals surface area contributed by atoms with Crippen LogP contribution in [0.4, 0.5) is 10.5 Å². The number of carbonyl (C=O) groups excluding carboxylic acids is 3. The van der Waals surface area contributed by atoms with E-state index in [0.717, 1.165) is 33.1 Å². The summed E-state index contributed by atoms with van der Waals surface area (Å²) in [6.07, 6.45) is 3.51. The average molecular weight is 435 g/mol. The van der Waals surface area contributed by atoms with E-state index in [9.17, 15) is 14.4 Å². The average Bonchev–Trinajstić information content (AvgIpc) is 3.42. The number of hydrogen-bond acceptors (Lipinski definition) is 6. The molecule has 0 unspecified atom stereocenters. The molecule has 9 heteroatoms. The molecule has 5 rings (SSSR count). The van der Waals surface area contributed by atoms with Crippen LogP contribution in [0.1, 0.15) is 5.56 Å². The summed E-state index contributed by atoms with van der Waals surface area (Å²) in [5.74, 6) is 0.708. The van der Waals surface area contributed by atoms with E-state index in [1.54, 1.807) is 24.3 Å². The number of imide groups is 1. The van der Waals surface area contributed by atoms with Gasteiger partial charge in [0.25, 0.3) is 11.1 Å². The van der Waals surface area contributed by atoms with Crippen molar-refractivity contribution in [3.63, 3.8) is 0 Å². The van der Waals surface area contributed by atoms with E-state index in [0.29, 0.717) is 22.1 Å². The molecule has 0 aliphatic carbocycles. The molecule has 3 amide bonds. The zero-order valence-electron chi connectivity index (χ0n) is 16.5. The van der Waals surface area contributed by atoms with Gasteiger partial charge in [-0.3, -0.25) is 19.3 Å². The van der Waals surface area contributed by atoms with Crippen molar-refractivity contribution in [1.82, 2.24) is 9.47 Å². The predicted octanol–water partition coefficient (Wildman–Crippen LogP) is 3.67. The second-order valence-corrected chi connectivity index (χ2v) is 8.08. The first kappa shape index (κ1) is 19.3. The molecule has 8 nitrogen and oxygen atoms in total. The normalized spacial score (nSPS) is 16.5. The number of benzene rings is 2. The number of amides is 3. The number of fused-ring (bicyclic) bond motifs is 2. The molecule has 1 fully saturated rings. The highest BCUT2D eigenvalue weighted by molar-refractivity contribution is 8.18. The fraction of sp³-hybridized carbons (Fsp3) is 0.136. The number of ether oxygens (including phenoxy) is 2. The highest BCUT2D eigenvalue weighted by Gasteiger charge is 2.32. The van der Waals surface area contributed by atoms with Crippen LogP contribution in [-0.4, -0.2) is 40.4 Å². The van der Waals surface area contributed by atoms with Gasteiger partial charge in [0.15, 0.2) is 11.5 Å².